The number of thioether (sulfide) groups is 1. The topological polar surface area (TPSA) is 112 Å². The van der Waals surface area contributed by atoms with Crippen LogP contribution in [0.2, 0.25) is 0 Å². The van der Waals surface area contributed by atoms with E-state index in [-0.39, 0.29) is 23.4 Å². The van der Waals surface area contributed by atoms with Crippen molar-refractivity contribution in [3.63, 3.8) is 0 Å². The van der Waals surface area contributed by atoms with Gasteiger partial charge in [0.25, 0.3) is 5.82 Å². The van der Waals surface area contributed by atoms with E-state index in [9.17, 15) is 22.8 Å². The number of carbonyl (C=O) groups is 2. The molecule has 3 N–H and O–H groups in total. The van der Waals surface area contributed by atoms with E-state index < -0.39 is 23.9 Å². The molecule has 0 bridgehead atoms. The summed E-state index contributed by atoms with van der Waals surface area (Å²) >= 11 is 1.91. The number of nitrogens with one attached hydrogen (secondary N) is 1. The molecule has 1 fully saturated rings. The van der Waals surface area contributed by atoms with Crippen molar-refractivity contribution >= 4 is 40.0 Å². The van der Waals surface area contributed by atoms with Crippen LogP contribution in [0, 0.1) is 0 Å². The van der Waals surface area contributed by atoms with Crippen LogP contribution in [0.3, 0.4) is 0 Å². The van der Waals surface area contributed by atoms with E-state index in [2.05, 4.69) is 15.5 Å². The van der Waals surface area contributed by atoms with Crippen LogP contribution in [0.1, 0.15) is 47.4 Å². The standard InChI is InChI=1S/C15H16F3N5O3S2/c1-2-26-12(25)10-8(7-3-4-7)5-27-11(10)20-9(24)6-28-14-22-21-13(23(14)19)15(16,17)18/h5,7H,2-4,6,19H2,1H3,(H,20,24). The highest BCUT2D eigenvalue weighted by Gasteiger charge is 2.38. The Hall–Kier alpha value is -2.28. The van der Waals surface area contributed by atoms with E-state index in [4.69, 9.17) is 10.6 Å². The number of nitrogen functional groups attached to an aromatic ring is 1. The number of nitrogens with two attached hydrogens (primary N) is 1. The predicted molar refractivity (Wildman–Crippen MR) is 96.8 cm³/mol. The Kier molecular flexibility index (Phi) is 5.84. The minimum Gasteiger partial charge on any atom is -0.462 e. The molecular formula is C15H16F3N5O3S2. The summed E-state index contributed by atoms with van der Waals surface area (Å²) in [5.41, 5.74) is 1.19. The maximum Gasteiger partial charge on any atom is 0.453 e. The van der Waals surface area contributed by atoms with E-state index in [0.717, 1.165) is 18.4 Å². The average molecular weight is 435 g/mol. The molecule has 0 aliphatic heterocycles. The second kappa shape index (κ2) is 7.99. The zero-order valence-electron chi connectivity index (χ0n) is 14.6. The number of halogens is 3. The molecule has 0 unspecified atom stereocenters. The van der Waals surface area contributed by atoms with Gasteiger partial charge in [-0.2, -0.15) is 13.2 Å². The van der Waals surface area contributed by atoms with Gasteiger partial charge >= 0.3 is 12.1 Å². The molecule has 1 saturated carbocycles. The zero-order valence-corrected chi connectivity index (χ0v) is 16.2. The summed E-state index contributed by atoms with van der Waals surface area (Å²) in [5, 5.41) is 10.9. The molecule has 8 nitrogen and oxygen atoms in total. The van der Waals surface area contributed by atoms with Crippen LogP contribution in [0.25, 0.3) is 0 Å². The first kappa shape index (κ1) is 20.5. The lowest BCUT2D eigenvalue weighted by Gasteiger charge is -2.08. The number of esters is 1. The van der Waals surface area contributed by atoms with Gasteiger partial charge in [0.2, 0.25) is 11.1 Å². The normalized spacial score (nSPS) is 14.1. The number of carbonyl (C=O) groups excluding carboxylic acids is 2. The second-order valence-electron chi connectivity index (χ2n) is 5.90. The van der Waals surface area contributed by atoms with Crippen LogP contribution in [0.5, 0.6) is 0 Å². The molecule has 0 radical (unpaired) electrons. The first-order chi connectivity index (χ1) is 13.2. The van der Waals surface area contributed by atoms with Crippen molar-refractivity contribution in [1.29, 1.82) is 0 Å². The van der Waals surface area contributed by atoms with E-state index in [0.29, 0.717) is 27.0 Å². The lowest BCUT2D eigenvalue weighted by molar-refractivity contribution is -0.146. The summed E-state index contributed by atoms with van der Waals surface area (Å²) in [4.78, 5) is 24.5. The maximum atomic E-state index is 12.7. The number of anilines is 1. The van der Waals surface area contributed by atoms with Crippen LogP contribution >= 0.6 is 23.1 Å². The first-order valence-corrected chi connectivity index (χ1v) is 10.1. The minimum absolute atomic E-state index is 0.204. The maximum absolute atomic E-state index is 12.7. The summed E-state index contributed by atoms with van der Waals surface area (Å²) in [6, 6.07) is 0. The quantitative estimate of drug-likeness (QED) is 0.391. The molecular weight excluding hydrogens is 419 g/mol. The van der Waals surface area contributed by atoms with Gasteiger partial charge in [-0.3, -0.25) is 4.79 Å². The van der Waals surface area contributed by atoms with Crippen LogP contribution in [-0.4, -0.2) is 39.1 Å². The fourth-order valence-corrected chi connectivity index (χ4v) is 4.14. The smallest absolute Gasteiger partial charge is 0.453 e. The Morgan fingerprint density at radius 3 is 2.71 bits per heavy atom. The highest BCUT2D eigenvalue weighted by molar-refractivity contribution is 7.99. The van der Waals surface area contributed by atoms with Gasteiger partial charge in [0.15, 0.2) is 0 Å². The first-order valence-electron chi connectivity index (χ1n) is 8.21. The van der Waals surface area contributed by atoms with Gasteiger partial charge < -0.3 is 15.9 Å². The predicted octanol–water partition coefficient (Wildman–Crippen LogP) is 2.86. The molecule has 1 aliphatic rings. The monoisotopic (exact) mass is 435 g/mol. The van der Waals surface area contributed by atoms with Gasteiger partial charge in [0.1, 0.15) is 5.00 Å². The molecule has 28 heavy (non-hydrogen) atoms. The molecule has 1 aliphatic carbocycles. The number of alkyl halides is 3. The van der Waals surface area contributed by atoms with Crippen molar-refractivity contribution in [2.45, 2.75) is 37.0 Å². The fourth-order valence-electron chi connectivity index (χ4n) is 2.43. The second-order valence-corrected chi connectivity index (χ2v) is 7.72. The molecule has 0 aromatic carbocycles. The number of hydrogen-bond acceptors (Lipinski definition) is 8. The molecule has 152 valence electrons. The highest BCUT2D eigenvalue weighted by atomic mass is 32.2. The molecule has 3 rings (SSSR count). The van der Waals surface area contributed by atoms with Gasteiger partial charge in [-0.15, -0.1) is 21.5 Å². The lowest BCUT2D eigenvalue weighted by atomic mass is 10.1. The number of aromatic nitrogens is 3. The van der Waals surface area contributed by atoms with Crippen molar-refractivity contribution in [2.24, 2.45) is 0 Å². The SMILES string of the molecule is CCOC(=O)c1c(C2CC2)csc1NC(=O)CSc1nnc(C(F)(F)F)n1N. The highest BCUT2D eigenvalue weighted by Crippen LogP contribution is 2.46. The number of amides is 1. The molecule has 0 atom stereocenters. The Balaban J connectivity index is 1.67. The van der Waals surface area contributed by atoms with Crippen molar-refractivity contribution in [2.75, 3.05) is 23.5 Å². The number of nitrogens with zero attached hydrogens (tertiary/aromatic N) is 3. The molecule has 0 saturated heterocycles. The van der Waals surface area contributed by atoms with Crippen LogP contribution in [-0.2, 0) is 15.7 Å². The molecule has 0 spiro atoms. The Bertz CT molecular complexity index is 892. The molecule has 1 amide bonds. The fraction of sp³-hybridized carbons (Fsp3) is 0.467. The van der Waals surface area contributed by atoms with Gasteiger partial charge in [-0.1, -0.05) is 11.8 Å². The van der Waals surface area contributed by atoms with Crippen molar-refractivity contribution < 1.29 is 27.5 Å². The minimum atomic E-state index is -4.74. The average Bonchev–Trinajstić information content (AvgIpc) is 3.26. The van der Waals surface area contributed by atoms with Crippen LogP contribution < -0.4 is 11.2 Å². The molecule has 2 aromatic rings. The van der Waals surface area contributed by atoms with E-state index in [1.165, 1.54) is 11.3 Å². The summed E-state index contributed by atoms with van der Waals surface area (Å²) in [6.45, 7) is 1.89. The van der Waals surface area contributed by atoms with E-state index >= 15 is 0 Å². The van der Waals surface area contributed by atoms with Crippen molar-refractivity contribution in [1.82, 2.24) is 14.9 Å². The number of ether oxygens (including phenoxy) is 1. The number of thiophene rings is 1. The van der Waals surface area contributed by atoms with Crippen LogP contribution in [0.15, 0.2) is 10.5 Å². The van der Waals surface area contributed by atoms with Gasteiger partial charge in [-0.25, -0.2) is 9.47 Å². The van der Waals surface area contributed by atoms with E-state index in [1.54, 1.807) is 6.92 Å². The Morgan fingerprint density at radius 1 is 1.43 bits per heavy atom. The molecule has 2 aromatic heterocycles. The Morgan fingerprint density at radius 2 is 2.14 bits per heavy atom. The van der Waals surface area contributed by atoms with Crippen molar-refractivity contribution in [3.05, 3.63) is 22.3 Å². The Labute approximate surface area is 165 Å². The lowest BCUT2D eigenvalue weighted by Crippen LogP contribution is -2.22. The summed E-state index contributed by atoms with van der Waals surface area (Å²) in [5.74, 6) is 2.97. The number of rotatable bonds is 7. The largest absolute Gasteiger partial charge is 0.462 e. The molecule has 2 heterocycles. The third-order valence-electron chi connectivity index (χ3n) is 3.82. The van der Waals surface area contributed by atoms with Gasteiger partial charge in [0, 0.05) is 0 Å². The van der Waals surface area contributed by atoms with Gasteiger partial charge in [0.05, 0.1) is 17.9 Å². The zero-order chi connectivity index (χ0) is 20.5. The van der Waals surface area contributed by atoms with Crippen molar-refractivity contribution in [3.8, 4) is 0 Å². The third kappa shape index (κ3) is 4.41. The summed E-state index contributed by atoms with van der Waals surface area (Å²) in [6.07, 6.45) is -2.80. The molecule has 13 heteroatoms. The van der Waals surface area contributed by atoms with Gasteiger partial charge in [-0.05, 0) is 36.6 Å². The van der Waals surface area contributed by atoms with Crippen LogP contribution in [0.4, 0.5) is 18.2 Å². The third-order valence-corrected chi connectivity index (χ3v) is 5.68. The van der Waals surface area contributed by atoms with E-state index in [1.807, 2.05) is 5.38 Å². The number of hydrogen-bond donors (Lipinski definition) is 2. The summed E-state index contributed by atoms with van der Waals surface area (Å²) < 4.78 is 43.4. The summed E-state index contributed by atoms with van der Waals surface area (Å²) in [7, 11) is 0.